The SMILES string of the molecule is CC(C)NCc1nnc(-c2c(Cl)cccc2[N+](=O)[O-])s1. The molecule has 0 aliphatic heterocycles. The molecule has 8 heteroatoms. The van der Waals surface area contributed by atoms with E-state index in [0.29, 0.717) is 28.2 Å². The molecule has 0 atom stereocenters. The van der Waals surface area contributed by atoms with E-state index >= 15 is 0 Å². The number of benzene rings is 1. The summed E-state index contributed by atoms with van der Waals surface area (Å²) in [6.07, 6.45) is 0. The largest absolute Gasteiger partial charge is 0.308 e. The van der Waals surface area contributed by atoms with Crippen LogP contribution in [0.1, 0.15) is 18.9 Å². The van der Waals surface area contributed by atoms with Gasteiger partial charge in [0.15, 0.2) is 5.01 Å². The van der Waals surface area contributed by atoms with Gasteiger partial charge in [0, 0.05) is 18.7 Å². The number of hydrogen-bond acceptors (Lipinski definition) is 6. The molecule has 1 N–H and O–H groups in total. The zero-order valence-corrected chi connectivity index (χ0v) is 12.5. The molecule has 106 valence electrons. The predicted octanol–water partition coefficient (Wildman–Crippen LogP) is 3.26. The van der Waals surface area contributed by atoms with Gasteiger partial charge in [0.1, 0.15) is 10.6 Å². The number of nitrogens with one attached hydrogen (secondary N) is 1. The van der Waals surface area contributed by atoms with Gasteiger partial charge in [-0.05, 0) is 6.07 Å². The highest BCUT2D eigenvalue weighted by molar-refractivity contribution is 7.14. The zero-order valence-electron chi connectivity index (χ0n) is 11.0. The third kappa shape index (κ3) is 3.30. The van der Waals surface area contributed by atoms with E-state index in [1.54, 1.807) is 12.1 Å². The summed E-state index contributed by atoms with van der Waals surface area (Å²) in [6.45, 7) is 4.63. The van der Waals surface area contributed by atoms with Crippen molar-refractivity contribution in [2.75, 3.05) is 0 Å². The first-order valence-electron chi connectivity index (χ1n) is 5.98. The number of halogens is 1. The van der Waals surface area contributed by atoms with Crippen LogP contribution in [-0.4, -0.2) is 21.2 Å². The fourth-order valence-corrected chi connectivity index (χ4v) is 2.77. The van der Waals surface area contributed by atoms with Gasteiger partial charge in [0.25, 0.3) is 5.69 Å². The van der Waals surface area contributed by atoms with Crippen molar-refractivity contribution in [3.63, 3.8) is 0 Å². The van der Waals surface area contributed by atoms with Crippen molar-refractivity contribution in [3.8, 4) is 10.6 Å². The summed E-state index contributed by atoms with van der Waals surface area (Å²) in [6, 6.07) is 4.90. The molecule has 6 nitrogen and oxygen atoms in total. The smallest absolute Gasteiger partial charge is 0.281 e. The third-order valence-electron chi connectivity index (χ3n) is 2.53. The van der Waals surface area contributed by atoms with E-state index in [1.165, 1.54) is 17.4 Å². The molecule has 0 unspecified atom stereocenters. The first kappa shape index (κ1) is 14.8. The van der Waals surface area contributed by atoms with Crippen LogP contribution in [0.3, 0.4) is 0 Å². The molecule has 20 heavy (non-hydrogen) atoms. The Balaban J connectivity index is 2.35. The summed E-state index contributed by atoms with van der Waals surface area (Å²) in [7, 11) is 0. The molecule has 0 saturated heterocycles. The van der Waals surface area contributed by atoms with Gasteiger partial charge in [0.2, 0.25) is 0 Å². The Morgan fingerprint density at radius 2 is 2.20 bits per heavy atom. The number of nitro benzene ring substituents is 1. The van der Waals surface area contributed by atoms with Crippen LogP contribution in [0.5, 0.6) is 0 Å². The summed E-state index contributed by atoms with van der Waals surface area (Å²) in [5, 5.41) is 23.9. The van der Waals surface area contributed by atoms with Crippen molar-refractivity contribution < 1.29 is 4.92 Å². The number of rotatable bonds is 5. The highest BCUT2D eigenvalue weighted by atomic mass is 35.5. The predicted molar refractivity (Wildman–Crippen MR) is 79.0 cm³/mol. The van der Waals surface area contributed by atoms with Crippen LogP contribution in [0.2, 0.25) is 5.02 Å². The van der Waals surface area contributed by atoms with Crippen LogP contribution >= 0.6 is 22.9 Å². The van der Waals surface area contributed by atoms with E-state index in [9.17, 15) is 10.1 Å². The molecule has 0 bridgehead atoms. The molecule has 0 amide bonds. The maximum atomic E-state index is 11.1. The minimum atomic E-state index is -0.464. The van der Waals surface area contributed by atoms with Gasteiger partial charge < -0.3 is 5.32 Å². The molecular weight excluding hydrogens is 300 g/mol. The second kappa shape index (κ2) is 6.25. The Hall–Kier alpha value is -1.57. The molecule has 1 heterocycles. The fraction of sp³-hybridized carbons (Fsp3) is 0.333. The molecule has 0 fully saturated rings. The normalized spacial score (nSPS) is 11.0. The summed E-state index contributed by atoms with van der Waals surface area (Å²) >= 11 is 7.36. The number of aromatic nitrogens is 2. The van der Waals surface area contributed by atoms with Gasteiger partial charge >= 0.3 is 0 Å². The molecule has 0 saturated carbocycles. The van der Waals surface area contributed by atoms with Crippen LogP contribution in [0.25, 0.3) is 10.6 Å². The van der Waals surface area contributed by atoms with E-state index < -0.39 is 4.92 Å². The van der Waals surface area contributed by atoms with Gasteiger partial charge in [-0.15, -0.1) is 10.2 Å². The summed E-state index contributed by atoms with van der Waals surface area (Å²) in [4.78, 5) is 10.6. The van der Waals surface area contributed by atoms with Crippen LogP contribution in [0.15, 0.2) is 18.2 Å². The molecular formula is C12H13ClN4O2S. The summed E-state index contributed by atoms with van der Waals surface area (Å²) in [5.41, 5.74) is 0.268. The molecule has 0 aliphatic rings. The monoisotopic (exact) mass is 312 g/mol. The Kier molecular flexibility index (Phi) is 4.64. The second-order valence-electron chi connectivity index (χ2n) is 4.43. The summed E-state index contributed by atoms with van der Waals surface area (Å²) < 4.78 is 0. The van der Waals surface area contributed by atoms with E-state index in [2.05, 4.69) is 15.5 Å². The minimum absolute atomic E-state index is 0.0583. The molecule has 2 rings (SSSR count). The maximum absolute atomic E-state index is 11.1. The first-order chi connectivity index (χ1) is 9.49. The molecule has 0 aliphatic carbocycles. The van der Waals surface area contributed by atoms with Crippen LogP contribution in [0.4, 0.5) is 5.69 Å². The lowest BCUT2D eigenvalue weighted by atomic mass is 10.2. The first-order valence-corrected chi connectivity index (χ1v) is 7.17. The standard InChI is InChI=1S/C12H13ClN4O2S/c1-7(2)14-6-10-15-16-12(20-10)11-8(13)4-3-5-9(11)17(18)19/h3-5,7,14H,6H2,1-2H3. The van der Waals surface area contributed by atoms with Crippen molar-refractivity contribution in [2.24, 2.45) is 0 Å². The maximum Gasteiger partial charge on any atom is 0.281 e. The van der Waals surface area contributed by atoms with Crippen molar-refractivity contribution in [1.82, 2.24) is 15.5 Å². The van der Waals surface area contributed by atoms with Gasteiger partial charge in [-0.2, -0.15) is 0 Å². The van der Waals surface area contributed by atoms with Crippen molar-refractivity contribution in [1.29, 1.82) is 0 Å². The Morgan fingerprint density at radius 1 is 1.45 bits per heavy atom. The van der Waals surface area contributed by atoms with Crippen LogP contribution in [0, 0.1) is 10.1 Å². The number of hydrogen-bond donors (Lipinski definition) is 1. The van der Waals surface area contributed by atoms with Gasteiger partial charge in [-0.1, -0.05) is 42.9 Å². The molecule has 1 aromatic carbocycles. The van der Waals surface area contributed by atoms with Crippen LogP contribution in [-0.2, 0) is 6.54 Å². The van der Waals surface area contributed by atoms with Gasteiger partial charge in [-0.3, -0.25) is 10.1 Å². The molecule has 1 aromatic heterocycles. The van der Waals surface area contributed by atoms with Gasteiger partial charge in [0.05, 0.1) is 9.95 Å². The lowest BCUT2D eigenvalue weighted by molar-refractivity contribution is -0.384. The van der Waals surface area contributed by atoms with Crippen molar-refractivity contribution >= 4 is 28.6 Å². The zero-order chi connectivity index (χ0) is 14.7. The minimum Gasteiger partial charge on any atom is -0.308 e. The van der Waals surface area contributed by atoms with Crippen molar-refractivity contribution in [2.45, 2.75) is 26.4 Å². The van der Waals surface area contributed by atoms with Crippen molar-refractivity contribution in [3.05, 3.63) is 38.3 Å². The lowest BCUT2D eigenvalue weighted by Crippen LogP contribution is -2.21. The molecule has 0 radical (unpaired) electrons. The second-order valence-corrected chi connectivity index (χ2v) is 5.90. The fourth-order valence-electron chi connectivity index (χ4n) is 1.59. The quantitative estimate of drug-likeness (QED) is 0.677. The number of nitro groups is 1. The molecule has 0 spiro atoms. The number of nitrogens with zero attached hydrogens (tertiary/aromatic N) is 3. The average Bonchev–Trinajstić information content (AvgIpc) is 2.84. The van der Waals surface area contributed by atoms with E-state index in [-0.39, 0.29) is 5.69 Å². The topological polar surface area (TPSA) is 81.0 Å². The van der Waals surface area contributed by atoms with Gasteiger partial charge in [-0.25, -0.2) is 0 Å². The summed E-state index contributed by atoms with van der Waals surface area (Å²) in [5.74, 6) is 0. The van der Waals surface area contributed by atoms with E-state index in [4.69, 9.17) is 11.6 Å². The third-order valence-corrected chi connectivity index (χ3v) is 3.79. The highest BCUT2D eigenvalue weighted by Gasteiger charge is 2.21. The Morgan fingerprint density at radius 3 is 2.85 bits per heavy atom. The Labute approximate surface area is 125 Å². The highest BCUT2D eigenvalue weighted by Crippen LogP contribution is 2.37. The lowest BCUT2D eigenvalue weighted by Gasteiger charge is -2.04. The average molecular weight is 313 g/mol. The molecule has 2 aromatic rings. The van der Waals surface area contributed by atoms with E-state index in [0.717, 1.165) is 5.01 Å². The Bertz CT molecular complexity index is 630. The van der Waals surface area contributed by atoms with Crippen LogP contribution < -0.4 is 5.32 Å². The van der Waals surface area contributed by atoms with E-state index in [1.807, 2.05) is 13.8 Å².